The number of rotatable bonds is 3. The zero-order valence-corrected chi connectivity index (χ0v) is 11.6. The fourth-order valence-electron chi connectivity index (χ4n) is 2.29. The van der Waals surface area contributed by atoms with Gasteiger partial charge in [0.25, 0.3) is 0 Å². The van der Waals surface area contributed by atoms with Crippen molar-refractivity contribution in [3.05, 3.63) is 44.5 Å². The minimum Gasteiger partial charge on any atom is -0.475 e. The Morgan fingerprint density at radius 1 is 1.53 bits per heavy atom. The summed E-state index contributed by atoms with van der Waals surface area (Å²) < 4.78 is 6.11. The lowest BCUT2D eigenvalue weighted by Crippen LogP contribution is -2.28. The van der Waals surface area contributed by atoms with Gasteiger partial charge in [0, 0.05) is 18.0 Å². The number of thiophene rings is 1. The summed E-state index contributed by atoms with van der Waals surface area (Å²) in [4.78, 5) is 14.3. The van der Waals surface area contributed by atoms with E-state index >= 15 is 0 Å². The maximum atomic E-state index is 10.8. The highest BCUT2D eigenvalue weighted by Gasteiger charge is 2.20. The predicted octanol–water partition coefficient (Wildman–Crippen LogP) is 3.25. The van der Waals surface area contributed by atoms with Crippen LogP contribution in [0.1, 0.15) is 26.8 Å². The molecule has 0 aliphatic carbocycles. The Morgan fingerprint density at radius 3 is 3.11 bits per heavy atom. The first-order valence-electron chi connectivity index (χ1n) is 5.93. The highest BCUT2D eigenvalue weighted by Crippen LogP contribution is 2.31. The van der Waals surface area contributed by atoms with Crippen LogP contribution in [-0.4, -0.2) is 22.5 Å². The molecule has 0 saturated heterocycles. The molecule has 0 saturated carbocycles. The molecule has 3 rings (SSSR count). The van der Waals surface area contributed by atoms with Gasteiger partial charge in [0.1, 0.15) is 5.76 Å². The van der Waals surface area contributed by atoms with E-state index in [1.165, 1.54) is 16.5 Å². The van der Waals surface area contributed by atoms with Crippen molar-refractivity contribution in [3.8, 4) is 0 Å². The molecule has 0 bridgehead atoms. The van der Waals surface area contributed by atoms with Crippen LogP contribution < -0.4 is 0 Å². The van der Waals surface area contributed by atoms with E-state index in [-0.39, 0.29) is 5.76 Å². The highest BCUT2D eigenvalue weighted by molar-refractivity contribution is 7.16. The number of carboxylic acids is 1. The van der Waals surface area contributed by atoms with Crippen molar-refractivity contribution in [3.63, 3.8) is 0 Å². The normalized spacial score (nSPS) is 15.4. The molecular weight excluding hydrogens is 286 g/mol. The van der Waals surface area contributed by atoms with Crippen LogP contribution >= 0.6 is 22.9 Å². The van der Waals surface area contributed by atoms with Gasteiger partial charge in [-0.05, 0) is 30.2 Å². The Hall–Kier alpha value is -1.30. The predicted molar refractivity (Wildman–Crippen MR) is 72.8 cm³/mol. The van der Waals surface area contributed by atoms with E-state index in [1.807, 2.05) is 6.07 Å². The number of aromatic carboxylic acids is 1. The number of halogens is 1. The summed E-state index contributed by atoms with van der Waals surface area (Å²) in [5, 5.41) is 8.82. The third-order valence-corrected chi connectivity index (χ3v) is 4.53. The molecule has 100 valence electrons. The van der Waals surface area contributed by atoms with Crippen LogP contribution in [0.15, 0.2) is 22.6 Å². The van der Waals surface area contributed by atoms with E-state index in [0.717, 1.165) is 23.8 Å². The van der Waals surface area contributed by atoms with E-state index < -0.39 is 5.97 Å². The zero-order valence-electron chi connectivity index (χ0n) is 10.1. The Balaban J connectivity index is 1.69. The molecule has 1 N–H and O–H groups in total. The number of carbonyl (C=O) groups is 1. The lowest BCUT2D eigenvalue weighted by Gasteiger charge is -2.25. The summed E-state index contributed by atoms with van der Waals surface area (Å²) in [6, 6.07) is 5.23. The van der Waals surface area contributed by atoms with Gasteiger partial charge in [-0.2, -0.15) is 0 Å². The van der Waals surface area contributed by atoms with Gasteiger partial charge in [0.15, 0.2) is 0 Å². The number of carboxylic acid groups (broad SMARTS) is 1. The highest BCUT2D eigenvalue weighted by atomic mass is 35.5. The van der Waals surface area contributed by atoms with Crippen molar-refractivity contribution in [2.75, 3.05) is 6.54 Å². The van der Waals surface area contributed by atoms with Crippen LogP contribution in [0.5, 0.6) is 0 Å². The van der Waals surface area contributed by atoms with Crippen molar-refractivity contribution < 1.29 is 14.3 Å². The van der Waals surface area contributed by atoms with Crippen LogP contribution in [0.25, 0.3) is 0 Å². The molecule has 0 aromatic carbocycles. The summed E-state index contributed by atoms with van der Waals surface area (Å²) in [6.45, 7) is 2.40. The van der Waals surface area contributed by atoms with Crippen molar-refractivity contribution in [2.24, 2.45) is 0 Å². The van der Waals surface area contributed by atoms with Crippen LogP contribution in [0.3, 0.4) is 0 Å². The minimum atomic E-state index is -1.03. The second-order valence-corrected chi connectivity index (χ2v) is 6.30. The topological polar surface area (TPSA) is 53.7 Å². The molecule has 0 atom stereocenters. The number of furan rings is 1. The standard InChI is InChI=1S/C13H12ClNO3S/c14-12-5-8-6-15(4-3-11(8)19-12)7-9-1-2-10(18-9)13(16)17/h1-2,5H,3-4,6-7H2,(H,16,17). The summed E-state index contributed by atoms with van der Waals surface area (Å²) in [7, 11) is 0. The molecule has 4 nitrogen and oxygen atoms in total. The van der Waals surface area contributed by atoms with Crippen molar-refractivity contribution in [1.29, 1.82) is 0 Å². The van der Waals surface area contributed by atoms with E-state index in [1.54, 1.807) is 17.4 Å². The third-order valence-electron chi connectivity index (χ3n) is 3.17. The number of nitrogens with zero attached hydrogens (tertiary/aromatic N) is 1. The van der Waals surface area contributed by atoms with Gasteiger partial charge < -0.3 is 9.52 Å². The molecule has 1 aliphatic rings. The Morgan fingerprint density at radius 2 is 2.37 bits per heavy atom. The molecule has 3 heterocycles. The minimum absolute atomic E-state index is 0.00808. The molecule has 2 aromatic rings. The number of hydrogen-bond donors (Lipinski definition) is 1. The molecule has 19 heavy (non-hydrogen) atoms. The fraction of sp³-hybridized carbons (Fsp3) is 0.308. The van der Waals surface area contributed by atoms with Gasteiger partial charge in [0.2, 0.25) is 5.76 Å². The largest absolute Gasteiger partial charge is 0.475 e. The quantitative estimate of drug-likeness (QED) is 0.945. The molecule has 0 fully saturated rings. The van der Waals surface area contributed by atoms with Gasteiger partial charge >= 0.3 is 5.97 Å². The number of hydrogen-bond acceptors (Lipinski definition) is 4. The average Bonchev–Trinajstić information content (AvgIpc) is 2.94. The molecule has 1 aliphatic heterocycles. The summed E-state index contributed by atoms with van der Waals surface area (Å²) in [5.41, 5.74) is 1.27. The van der Waals surface area contributed by atoms with Crippen LogP contribution in [0, 0.1) is 0 Å². The molecule has 2 aromatic heterocycles. The summed E-state index contributed by atoms with van der Waals surface area (Å²) in [6.07, 6.45) is 0.985. The van der Waals surface area contributed by atoms with Gasteiger partial charge in [-0.3, -0.25) is 4.90 Å². The first-order valence-corrected chi connectivity index (χ1v) is 7.13. The van der Waals surface area contributed by atoms with E-state index in [2.05, 4.69) is 4.90 Å². The van der Waals surface area contributed by atoms with Crippen molar-refractivity contribution >= 4 is 28.9 Å². The van der Waals surface area contributed by atoms with Gasteiger partial charge in [-0.25, -0.2) is 4.79 Å². The average molecular weight is 298 g/mol. The lowest BCUT2D eigenvalue weighted by atomic mass is 10.1. The van der Waals surface area contributed by atoms with E-state index in [0.29, 0.717) is 12.3 Å². The smallest absolute Gasteiger partial charge is 0.371 e. The zero-order chi connectivity index (χ0) is 13.4. The SMILES string of the molecule is O=C(O)c1ccc(CN2CCc3sc(Cl)cc3C2)o1. The van der Waals surface area contributed by atoms with E-state index in [4.69, 9.17) is 21.1 Å². The molecule has 0 unspecified atom stereocenters. The Labute approximate surface area is 119 Å². The molecule has 0 amide bonds. The van der Waals surface area contributed by atoms with Gasteiger partial charge in [0.05, 0.1) is 10.9 Å². The maximum Gasteiger partial charge on any atom is 0.371 e. The first kappa shape index (κ1) is 12.7. The Bertz CT molecular complexity index is 619. The Kier molecular flexibility index (Phi) is 3.35. The molecule has 0 spiro atoms. The fourth-order valence-corrected chi connectivity index (χ4v) is 3.58. The van der Waals surface area contributed by atoms with E-state index in [9.17, 15) is 4.79 Å². The molecular formula is C13H12ClNO3S. The third kappa shape index (κ3) is 2.68. The van der Waals surface area contributed by atoms with Crippen LogP contribution in [0.2, 0.25) is 4.34 Å². The second kappa shape index (κ2) is 5.00. The lowest BCUT2D eigenvalue weighted by molar-refractivity contribution is 0.0658. The van der Waals surface area contributed by atoms with Crippen molar-refractivity contribution in [1.82, 2.24) is 4.90 Å². The van der Waals surface area contributed by atoms with Gasteiger partial charge in [-0.15, -0.1) is 11.3 Å². The second-order valence-electron chi connectivity index (χ2n) is 4.53. The maximum absolute atomic E-state index is 10.8. The number of fused-ring (bicyclic) bond motifs is 1. The van der Waals surface area contributed by atoms with Gasteiger partial charge in [-0.1, -0.05) is 11.6 Å². The molecule has 0 radical (unpaired) electrons. The molecule has 6 heteroatoms. The summed E-state index contributed by atoms with van der Waals surface area (Å²) in [5.74, 6) is -0.356. The summed E-state index contributed by atoms with van der Waals surface area (Å²) >= 11 is 7.66. The van der Waals surface area contributed by atoms with Crippen LogP contribution in [-0.2, 0) is 19.5 Å². The first-order chi connectivity index (χ1) is 9.11. The monoisotopic (exact) mass is 297 g/mol. The van der Waals surface area contributed by atoms with Crippen LogP contribution in [0.4, 0.5) is 0 Å². The van der Waals surface area contributed by atoms with Crippen molar-refractivity contribution in [2.45, 2.75) is 19.5 Å².